The Balaban J connectivity index is 2.21. The van der Waals surface area contributed by atoms with E-state index in [9.17, 15) is 5.11 Å². The minimum atomic E-state index is -0.699. The van der Waals surface area contributed by atoms with Crippen LogP contribution >= 0.6 is 0 Å². The van der Waals surface area contributed by atoms with Gasteiger partial charge in [0.1, 0.15) is 0 Å². The van der Waals surface area contributed by atoms with Gasteiger partial charge in [-0.1, -0.05) is 42.5 Å². The molecule has 0 amide bonds. The van der Waals surface area contributed by atoms with Crippen molar-refractivity contribution in [2.75, 3.05) is 6.61 Å². The molecule has 1 N–H and O–H groups in total. The van der Waals surface area contributed by atoms with Gasteiger partial charge in [-0.25, -0.2) is 0 Å². The fourth-order valence-corrected chi connectivity index (χ4v) is 2.76. The standard InChI is InChI=1S/C17H24O2/c1-12(2)15-10-14(17(3,4)18)11-19-16(15)13-8-6-5-7-9-13/h5-9,14-16,18H,1,10-11H2,2-4H3/t14-,15-,16-/m1/s1. The average molecular weight is 260 g/mol. The van der Waals surface area contributed by atoms with Gasteiger partial charge in [0.2, 0.25) is 0 Å². The fourth-order valence-electron chi connectivity index (χ4n) is 2.76. The van der Waals surface area contributed by atoms with Gasteiger partial charge in [0.25, 0.3) is 0 Å². The van der Waals surface area contributed by atoms with Crippen LogP contribution in [0.5, 0.6) is 0 Å². The van der Waals surface area contributed by atoms with E-state index in [0.29, 0.717) is 6.61 Å². The van der Waals surface area contributed by atoms with E-state index in [1.165, 1.54) is 5.56 Å². The summed E-state index contributed by atoms with van der Waals surface area (Å²) in [6.07, 6.45) is 0.996. The number of hydrogen-bond donors (Lipinski definition) is 1. The molecule has 19 heavy (non-hydrogen) atoms. The van der Waals surface area contributed by atoms with E-state index < -0.39 is 5.60 Å². The molecule has 1 aromatic rings. The predicted octanol–water partition coefficient (Wildman–Crippen LogP) is 3.73. The van der Waals surface area contributed by atoms with Crippen molar-refractivity contribution < 1.29 is 9.84 Å². The highest BCUT2D eigenvalue weighted by Crippen LogP contribution is 2.42. The molecule has 1 aliphatic rings. The monoisotopic (exact) mass is 260 g/mol. The molecule has 1 saturated heterocycles. The van der Waals surface area contributed by atoms with Crippen molar-refractivity contribution in [1.82, 2.24) is 0 Å². The van der Waals surface area contributed by atoms with Crippen LogP contribution in [-0.4, -0.2) is 17.3 Å². The maximum Gasteiger partial charge on any atom is 0.0890 e. The molecule has 0 bridgehead atoms. The molecular weight excluding hydrogens is 236 g/mol. The van der Waals surface area contributed by atoms with E-state index >= 15 is 0 Å². The Morgan fingerprint density at radius 2 is 1.95 bits per heavy atom. The molecule has 0 aromatic heterocycles. The van der Waals surface area contributed by atoms with Gasteiger partial charge in [0.15, 0.2) is 0 Å². The van der Waals surface area contributed by atoms with Crippen LogP contribution in [0.4, 0.5) is 0 Å². The smallest absolute Gasteiger partial charge is 0.0890 e. The first kappa shape index (κ1) is 14.3. The summed E-state index contributed by atoms with van der Waals surface area (Å²) in [7, 11) is 0. The molecule has 2 rings (SSSR count). The molecule has 1 aliphatic heterocycles. The second-order valence-corrected chi connectivity index (χ2v) is 6.20. The molecule has 2 heteroatoms. The van der Waals surface area contributed by atoms with Crippen molar-refractivity contribution in [3.05, 3.63) is 48.0 Å². The Morgan fingerprint density at radius 3 is 2.47 bits per heavy atom. The Hall–Kier alpha value is -1.12. The lowest BCUT2D eigenvalue weighted by Crippen LogP contribution is -2.41. The van der Waals surface area contributed by atoms with Crippen molar-refractivity contribution in [3.63, 3.8) is 0 Å². The van der Waals surface area contributed by atoms with E-state index in [4.69, 9.17) is 4.74 Å². The molecule has 0 spiro atoms. The summed E-state index contributed by atoms with van der Waals surface area (Å²) < 4.78 is 6.06. The van der Waals surface area contributed by atoms with Crippen LogP contribution in [0, 0.1) is 11.8 Å². The van der Waals surface area contributed by atoms with Crippen LogP contribution in [0.1, 0.15) is 38.9 Å². The van der Waals surface area contributed by atoms with Gasteiger partial charge in [-0.2, -0.15) is 0 Å². The van der Waals surface area contributed by atoms with Gasteiger partial charge in [-0.05, 0) is 32.8 Å². The zero-order chi connectivity index (χ0) is 14.0. The Morgan fingerprint density at radius 1 is 1.32 bits per heavy atom. The third-order valence-electron chi connectivity index (χ3n) is 4.14. The van der Waals surface area contributed by atoms with Gasteiger partial charge >= 0.3 is 0 Å². The van der Waals surface area contributed by atoms with Crippen molar-refractivity contribution in [2.45, 2.75) is 38.9 Å². The highest BCUT2D eigenvalue weighted by molar-refractivity contribution is 5.22. The number of benzene rings is 1. The Labute approximate surface area is 116 Å². The summed E-state index contributed by atoms with van der Waals surface area (Å²) in [5.74, 6) is 0.432. The van der Waals surface area contributed by atoms with Gasteiger partial charge in [-0.3, -0.25) is 0 Å². The topological polar surface area (TPSA) is 29.5 Å². The summed E-state index contributed by atoms with van der Waals surface area (Å²) in [5, 5.41) is 10.2. The fraction of sp³-hybridized carbons (Fsp3) is 0.529. The third-order valence-corrected chi connectivity index (χ3v) is 4.14. The van der Waals surface area contributed by atoms with Gasteiger partial charge in [-0.15, -0.1) is 0 Å². The lowest BCUT2D eigenvalue weighted by molar-refractivity contribution is -0.108. The average Bonchev–Trinajstić information content (AvgIpc) is 2.38. The zero-order valence-electron chi connectivity index (χ0n) is 12.1. The van der Waals surface area contributed by atoms with Crippen molar-refractivity contribution in [1.29, 1.82) is 0 Å². The molecule has 3 atom stereocenters. The van der Waals surface area contributed by atoms with E-state index in [0.717, 1.165) is 12.0 Å². The van der Waals surface area contributed by atoms with E-state index in [1.807, 2.05) is 32.0 Å². The first-order valence-corrected chi connectivity index (χ1v) is 6.94. The highest BCUT2D eigenvalue weighted by atomic mass is 16.5. The van der Waals surface area contributed by atoms with E-state index in [1.54, 1.807) is 0 Å². The summed E-state index contributed by atoms with van der Waals surface area (Å²) in [5.41, 5.74) is 1.63. The predicted molar refractivity (Wildman–Crippen MR) is 77.8 cm³/mol. The van der Waals surface area contributed by atoms with Crippen LogP contribution in [-0.2, 0) is 4.74 Å². The molecule has 0 radical (unpaired) electrons. The van der Waals surface area contributed by atoms with Crippen molar-refractivity contribution in [3.8, 4) is 0 Å². The molecule has 2 nitrogen and oxygen atoms in total. The molecule has 0 aliphatic carbocycles. The van der Waals surface area contributed by atoms with Crippen LogP contribution in [0.15, 0.2) is 42.5 Å². The number of rotatable bonds is 3. The second kappa shape index (κ2) is 5.48. The molecule has 1 fully saturated rings. The largest absolute Gasteiger partial charge is 0.390 e. The normalized spacial score (nSPS) is 28.1. The maximum atomic E-state index is 10.2. The van der Waals surface area contributed by atoms with Crippen LogP contribution in [0.25, 0.3) is 0 Å². The van der Waals surface area contributed by atoms with Crippen LogP contribution < -0.4 is 0 Å². The van der Waals surface area contributed by atoms with E-state index in [-0.39, 0.29) is 17.9 Å². The minimum absolute atomic E-state index is 0.0669. The van der Waals surface area contributed by atoms with Gasteiger partial charge < -0.3 is 9.84 Å². The van der Waals surface area contributed by atoms with Crippen molar-refractivity contribution in [2.24, 2.45) is 11.8 Å². The third kappa shape index (κ3) is 3.26. The minimum Gasteiger partial charge on any atom is -0.390 e. The lowest BCUT2D eigenvalue weighted by atomic mass is 9.76. The summed E-state index contributed by atoms with van der Waals surface area (Å²) in [6.45, 7) is 10.5. The summed E-state index contributed by atoms with van der Waals surface area (Å²) >= 11 is 0. The van der Waals surface area contributed by atoms with Gasteiger partial charge in [0.05, 0.1) is 18.3 Å². The Bertz CT molecular complexity index is 430. The number of aliphatic hydroxyl groups is 1. The number of hydrogen-bond acceptors (Lipinski definition) is 2. The first-order chi connectivity index (χ1) is 8.89. The SMILES string of the molecule is C=C(C)[C@H]1C[C@@H](C(C)(C)O)CO[C@@H]1c1ccccc1. The van der Waals surface area contributed by atoms with E-state index in [2.05, 4.69) is 25.6 Å². The summed E-state index contributed by atoms with van der Waals surface area (Å²) in [6, 6.07) is 10.3. The van der Waals surface area contributed by atoms with Gasteiger partial charge in [0, 0.05) is 11.8 Å². The molecule has 104 valence electrons. The lowest BCUT2D eigenvalue weighted by Gasteiger charge is -2.41. The first-order valence-electron chi connectivity index (χ1n) is 6.94. The highest BCUT2D eigenvalue weighted by Gasteiger charge is 2.38. The number of ether oxygens (including phenoxy) is 1. The maximum absolute atomic E-state index is 10.2. The molecular formula is C17H24O2. The molecule has 1 heterocycles. The van der Waals surface area contributed by atoms with Crippen LogP contribution in [0.2, 0.25) is 0 Å². The summed E-state index contributed by atoms with van der Waals surface area (Å²) in [4.78, 5) is 0. The second-order valence-electron chi connectivity index (χ2n) is 6.20. The van der Waals surface area contributed by atoms with Crippen LogP contribution in [0.3, 0.4) is 0 Å². The quantitative estimate of drug-likeness (QED) is 0.839. The van der Waals surface area contributed by atoms with Crippen molar-refractivity contribution >= 4 is 0 Å². The molecule has 1 aromatic carbocycles. The Kier molecular flexibility index (Phi) is 4.12. The zero-order valence-corrected chi connectivity index (χ0v) is 12.1. The molecule has 0 unspecified atom stereocenters. The molecule has 0 saturated carbocycles.